The van der Waals surface area contributed by atoms with Crippen molar-refractivity contribution >= 4 is 6.08 Å². The average Bonchev–Trinajstić information content (AvgIpc) is 3.35. The molecule has 5 nitrogen and oxygen atoms in total. The molecule has 5 heteroatoms. The number of aliphatic hydroxyl groups excluding tert-OH is 2. The van der Waals surface area contributed by atoms with Crippen LogP contribution in [0.4, 0.5) is 0 Å². The Hall–Kier alpha value is -3.51. The lowest BCUT2D eigenvalue weighted by Gasteiger charge is -2.48. The Labute approximate surface area is 206 Å². The van der Waals surface area contributed by atoms with Gasteiger partial charge in [0.15, 0.2) is 0 Å². The molecule has 0 bridgehead atoms. The third kappa shape index (κ3) is 4.58. The van der Waals surface area contributed by atoms with Crippen LogP contribution in [0.3, 0.4) is 0 Å². The first-order valence-electron chi connectivity index (χ1n) is 12.2. The smallest absolute Gasteiger partial charge is 0.0975 e. The van der Waals surface area contributed by atoms with E-state index in [1.165, 1.54) is 16.7 Å². The van der Waals surface area contributed by atoms with E-state index in [1.807, 2.05) is 18.3 Å². The van der Waals surface area contributed by atoms with E-state index < -0.39 is 11.6 Å². The predicted molar refractivity (Wildman–Crippen MR) is 139 cm³/mol. The Kier molecular flexibility index (Phi) is 6.91. The number of nitrogens with zero attached hydrogens (tertiary/aromatic N) is 3. The SMILES string of the molecule is OCCn1ccc(/C=C2\CN(C(c3ccccc3)(c3ccccc3)c3ccccc3)CCC2O)n1. The Morgan fingerprint density at radius 1 is 0.829 bits per heavy atom. The van der Waals surface area contributed by atoms with Gasteiger partial charge in [-0.15, -0.1) is 0 Å². The number of aromatic nitrogens is 2. The van der Waals surface area contributed by atoms with Gasteiger partial charge in [-0.2, -0.15) is 5.10 Å². The minimum absolute atomic E-state index is 0.0435. The van der Waals surface area contributed by atoms with Crippen LogP contribution in [0.2, 0.25) is 0 Å². The van der Waals surface area contributed by atoms with E-state index in [1.54, 1.807) is 4.68 Å². The Morgan fingerprint density at radius 2 is 1.37 bits per heavy atom. The van der Waals surface area contributed by atoms with Crippen LogP contribution in [0, 0.1) is 0 Å². The van der Waals surface area contributed by atoms with E-state index in [0.29, 0.717) is 19.5 Å². The third-order valence-corrected chi connectivity index (χ3v) is 6.85. The van der Waals surface area contributed by atoms with Gasteiger partial charge in [-0.05, 0) is 40.8 Å². The Bertz CT molecular complexity index is 1160. The van der Waals surface area contributed by atoms with E-state index in [9.17, 15) is 10.2 Å². The molecular formula is C30H31N3O2. The second-order valence-corrected chi connectivity index (χ2v) is 8.98. The fourth-order valence-electron chi connectivity index (χ4n) is 5.25. The van der Waals surface area contributed by atoms with Gasteiger partial charge in [0.05, 0.1) is 30.5 Å². The number of benzene rings is 3. The van der Waals surface area contributed by atoms with Gasteiger partial charge >= 0.3 is 0 Å². The molecule has 0 radical (unpaired) electrons. The highest BCUT2D eigenvalue weighted by atomic mass is 16.3. The molecule has 35 heavy (non-hydrogen) atoms. The van der Waals surface area contributed by atoms with Gasteiger partial charge < -0.3 is 10.2 Å². The maximum Gasteiger partial charge on any atom is 0.0975 e. The molecule has 1 saturated heterocycles. The van der Waals surface area contributed by atoms with Crippen molar-refractivity contribution in [3.8, 4) is 0 Å². The highest BCUT2D eigenvalue weighted by Gasteiger charge is 2.44. The molecule has 1 atom stereocenters. The lowest BCUT2D eigenvalue weighted by Crippen LogP contribution is -2.52. The summed E-state index contributed by atoms with van der Waals surface area (Å²) in [5.74, 6) is 0. The van der Waals surface area contributed by atoms with Gasteiger partial charge in [0.1, 0.15) is 0 Å². The van der Waals surface area contributed by atoms with Crippen molar-refractivity contribution in [2.24, 2.45) is 0 Å². The largest absolute Gasteiger partial charge is 0.394 e. The zero-order chi connectivity index (χ0) is 24.1. The number of likely N-dealkylation sites (tertiary alicyclic amines) is 1. The average molecular weight is 466 g/mol. The van der Waals surface area contributed by atoms with Crippen molar-refractivity contribution in [2.75, 3.05) is 19.7 Å². The van der Waals surface area contributed by atoms with Gasteiger partial charge in [-0.25, -0.2) is 0 Å². The summed E-state index contributed by atoms with van der Waals surface area (Å²) in [4.78, 5) is 2.48. The summed E-state index contributed by atoms with van der Waals surface area (Å²) in [6, 6.07) is 33.9. The molecule has 1 fully saturated rings. The molecule has 0 amide bonds. The number of aliphatic hydroxyl groups is 2. The van der Waals surface area contributed by atoms with Crippen LogP contribution < -0.4 is 0 Å². The quantitative estimate of drug-likeness (QED) is 0.399. The topological polar surface area (TPSA) is 61.5 Å². The number of piperidine rings is 1. The summed E-state index contributed by atoms with van der Waals surface area (Å²) in [5, 5.41) is 24.7. The summed E-state index contributed by atoms with van der Waals surface area (Å²) in [6.45, 7) is 1.85. The van der Waals surface area contributed by atoms with Gasteiger partial charge in [0, 0.05) is 19.3 Å². The van der Waals surface area contributed by atoms with E-state index in [2.05, 4.69) is 101 Å². The molecule has 1 aromatic heterocycles. The van der Waals surface area contributed by atoms with Crippen LogP contribution in [0.1, 0.15) is 28.8 Å². The zero-order valence-electron chi connectivity index (χ0n) is 19.7. The first-order chi connectivity index (χ1) is 17.2. The van der Waals surface area contributed by atoms with Crippen LogP contribution in [0.25, 0.3) is 6.08 Å². The second kappa shape index (κ2) is 10.4. The summed E-state index contributed by atoms with van der Waals surface area (Å²) in [6.07, 6.45) is 3.97. The van der Waals surface area contributed by atoms with E-state index in [4.69, 9.17) is 0 Å². The molecule has 178 valence electrons. The Morgan fingerprint density at radius 3 is 1.89 bits per heavy atom. The highest BCUT2D eigenvalue weighted by molar-refractivity contribution is 5.53. The van der Waals surface area contributed by atoms with Crippen molar-refractivity contribution in [1.82, 2.24) is 14.7 Å². The van der Waals surface area contributed by atoms with Crippen molar-refractivity contribution in [3.05, 3.63) is 131 Å². The predicted octanol–water partition coefficient (Wildman–Crippen LogP) is 4.32. The molecule has 2 N–H and O–H groups in total. The lowest BCUT2D eigenvalue weighted by molar-refractivity contribution is 0.0871. The van der Waals surface area contributed by atoms with Crippen molar-refractivity contribution in [1.29, 1.82) is 0 Å². The van der Waals surface area contributed by atoms with Crippen LogP contribution >= 0.6 is 0 Å². The van der Waals surface area contributed by atoms with Gasteiger partial charge in [0.25, 0.3) is 0 Å². The first kappa shape index (κ1) is 23.2. The van der Waals surface area contributed by atoms with Crippen LogP contribution in [-0.4, -0.2) is 50.7 Å². The van der Waals surface area contributed by atoms with Crippen LogP contribution in [-0.2, 0) is 12.1 Å². The van der Waals surface area contributed by atoms with Crippen LogP contribution in [0.15, 0.2) is 109 Å². The molecular weight excluding hydrogens is 434 g/mol. The second-order valence-electron chi connectivity index (χ2n) is 8.98. The number of hydrogen-bond acceptors (Lipinski definition) is 4. The third-order valence-electron chi connectivity index (χ3n) is 6.85. The molecule has 1 aliphatic rings. The standard InChI is InChI=1S/C30H31N3O2/c34-21-20-33-19-16-28(31-33)22-24-23-32(18-17-29(24)35)30(25-10-4-1-5-11-25,26-12-6-2-7-13-26)27-14-8-3-9-15-27/h1-16,19,22,29,34-35H,17-18,20-21,23H2/b24-22+. The number of rotatable bonds is 7. The molecule has 2 heterocycles. The molecule has 1 aliphatic heterocycles. The maximum atomic E-state index is 11.0. The van der Waals surface area contributed by atoms with Crippen molar-refractivity contribution in [3.63, 3.8) is 0 Å². The zero-order valence-corrected chi connectivity index (χ0v) is 19.7. The highest BCUT2D eigenvalue weighted by Crippen LogP contribution is 2.44. The van der Waals surface area contributed by atoms with E-state index >= 15 is 0 Å². The first-order valence-corrected chi connectivity index (χ1v) is 12.2. The van der Waals surface area contributed by atoms with Gasteiger partial charge in [-0.3, -0.25) is 9.58 Å². The van der Waals surface area contributed by atoms with Crippen molar-refractivity contribution < 1.29 is 10.2 Å². The fourth-order valence-corrected chi connectivity index (χ4v) is 5.25. The van der Waals surface area contributed by atoms with E-state index in [-0.39, 0.29) is 6.61 Å². The summed E-state index contributed by atoms with van der Waals surface area (Å²) in [7, 11) is 0. The molecule has 1 unspecified atom stereocenters. The molecule has 0 aliphatic carbocycles. The normalized spacial score (nSPS) is 18.1. The minimum atomic E-state index is -0.519. The molecule has 0 saturated carbocycles. The Balaban J connectivity index is 1.64. The number of hydrogen-bond donors (Lipinski definition) is 2. The van der Waals surface area contributed by atoms with Gasteiger partial charge in [0.2, 0.25) is 0 Å². The fraction of sp³-hybridized carbons (Fsp3) is 0.233. The molecule has 3 aromatic carbocycles. The monoisotopic (exact) mass is 465 g/mol. The summed E-state index contributed by atoms with van der Waals surface area (Å²) in [5.41, 5.74) is 4.80. The maximum absolute atomic E-state index is 11.0. The van der Waals surface area contributed by atoms with E-state index in [0.717, 1.165) is 17.8 Å². The summed E-state index contributed by atoms with van der Waals surface area (Å²) < 4.78 is 1.72. The van der Waals surface area contributed by atoms with Crippen LogP contribution in [0.5, 0.6) is 0 Å². The van der Waals surface area contributed by atoms with Crippen molar-refractivity contribution in [2.45, 2.75) is 24.6 Å². The summed E-state index contributed by atoms with van der Waals surface area (Å²) >= 11 is 0. The lowest BCUT2D eigenvalue weighted by atomic mass is 9.74. The minimum Gasteiger partial charge on any atom is -0.394 e. The van der Waals surface area contributed by atoms with Gasteiger partial charge in [-0.1, -0.05) is 91.0 Å². The molecule has 4 aromatic rings. The molecule has 5 rings (SSSR count). The molecule has 0 spiro atoms.